The van der Waals surface area contributed by atoms with E-state index in [1.165, 1.54) is 0 Å². The smallest absolute Gasteiger partial charge is 0.263 e. The zero-order valence-corrected chi connectivity index (χ0v) is 12.9. The Morgan fingerprint density at radius 3 is 2.88 bits per heavy atom. The summed E-state index contributed by atoms with van der Waals surface area (Å²) in [4.78, 5) is 20.1. The molecule has 1 aliphatic rings. The van der Waals surface area contributed by atoms with E-state index in [0.29, 0.717) is 28.3 Å². The van der Waals surface area contributed by atoms with Crippen molar-refractivity contribution >= 4 is 10.9 Å². The standard InChI is InChI=1S/C18H11N3O4/c22-16-11-3-1-2-4-13(11)19-8-12(16)18-20-17(21-25-18)10-5-6-14-15(7-10)24-9-23-14/h1-8H,9H2,(H,19,22). The highest BCUT2D eigenvalue weighted by molar-refractivity contribution is 5.82. The van der Waals surface area contributed by atoms with Gasteiger partial charge >= 0.3 is 0 Å². The van der Waals surface area contributed by atoms with Gasteiger partial charge in [-0.3, -0.25) is 4.79 Å². The number of aromatic nitrogens is 3. The number of fused-ring (bicyclic) bond motifs is 2. The van der Waals surface area contributed by atoms with E-state index >= 15 is 0 Å². The van der Waals surface area contributed by atoms with Gasteiger partial charge in [-0.25, -0.2) is 0 Å². The molecule has 0 fully saturated rings. The Morgan fingerprint density at radius 1 is 1.04 bits per heavy atom. The molecular formula is C18H11N3O4. The Labute approximate surface area is 140 Å². The first-order valence-electron chi connectivity index (χ1n) is 7.64. The lowest BCUT2D eigenvalue weighted by atomic mass is 10.1. The van der Waals surface area contributed by atoms with Crippen LogP contribution in [0.15, 0.2) is 58.0 Å². The van der Waals surface area contributed by atoms with Gasteiger partial charge in [-0.2, -0.15) is 4.98 Å². The number of H-pyrrole nitrogens is 1. The van der Waals surface area contributed by atoms with Gasteiger partial charge < -0.3 is 19.0 Å². The topological polar surface area (TPSA) is 90.2 Å². The predicted molar refractivity (Wildman–Crippen MR) is 89.4 cm³/mol. The molecule has 0 aliphatic carbocycles. The molecule has 0 saturated carbocycles. The molecule has 0 unspecified atom stereocenters. The zero-order valence-electron chi connectivity index (χ0n) is 12.9. The highest BCUT2D eigenvalue weighted by atomic mass is 16.7. The molecule has 2 aromatic heterocycles. The minimum absolute atomic E-state index is 0.157. The zero-order chi connectivity index (χ0) is 16.8. The highest BCUT2D eigenvalue weighted by Gasteiger charge is 2.18. The van der Waals surface area contributed by atoms with E-state index in [4.69, 9.17) is 14.0 Å². The van der Waals surface area contributed by atoms with E-state index in [0.717, 1.165) is 11.1 Å². The van der Waals surface area contributed by atoms with Gasteiger partial charge in [0, 0.05) is 22.7 Å². The summed E-state index contributed by atoms with van der Waals surface area (Å²) in [6.07, 6.45) is 1.58. The van der Waals surface area contributed by atoms with Crippen molar-refractivity contribution in [3.05, 3.63) is 58.9 Å². The fraction of sp³-hybridized carbons (Fsp3) is 0.0556. The molecule has 7 heteroatoms. The number of pyridine rings is 1. The molecule has 0 amide bonds. The number of para-hydroxylation sites is 1. The van der Waals surface area contributed by atoms with E-state index in [9.17, 15) is 4.79 Å². The number of benzene rings is 2. The maximum atomic E-state index is 12.6. The fourth-order valence-corrected chi connectivity index (χ4v) is 2.81. The van der Waals surface area contributed by atoms with E-state index in [1.54, 1.807) is 24.4 Å². The normalized spacial score (nSPS) is 12.6. The summed E-state index contributed by atoms with van der Waals surface area (Å²) in [5, 5.41) is 4.55. The molecule has 3 heterocycles. The quantitative estimate of drug-likeness (QED) is 0.606. The lowest BCUT2D eigenvalue weighted by Gasteiger charge is -1.99. The number of nitrogens with one attached hydrogen (secondary N) is 1. The second-order valence-corrected chi connectivity index (χ2v) is 5.57. The van der Waals surface area contributed by atoms with Crippen LogP contribution in [0.5, 0.6) is 11.5 Å². The van der Waals surface area contributed by atoms with Crippen molar-refractivity contribution < 1.29 is 14.0 Å². The minimum atomic E-state index is -0.157. The number of ether oxygens (including phenoxy) is 2. The minimum Gasteiger partial charge on any atom is -0.454 e. The molecule has 7 nitrogen and oxygen atoms in total. The first kappa shape index (κ1) is 13.8. The molecule has 0 spiro atoms. The SMILES string of the molecule is O=c1c(-c2nc(-c3ccc4c(c3)OCO4)no2)c[nH]c2ccccc12. The van der Waals surface area contributed by atoms with Gasteiger partial charge in [-0.1, -0.05) is 17.3 Å². The van der Waals surface area contributed by atoms with Crippen LogP contribution in [0.3, 0.4) is 0 Å². The number of hydrogen-bond acceptors (Lipinski definition) is 6. The van der Waals surface area contributed by atoms with Crippen LogP contribution >= 0.6 is 0 Å². The van der Waals surface area contributed by atoms with Gasteiger partial charge in [0.05, 0.1) is 0 Å². The summed E-state index contributed by atoms with van der Waals surface area (Å²) in [6.45, 7) is 0.197. The van der Waals surface area contributed by atoms with Crippen LogP contribution in [-0.4, -0.2) is 21.9 Å². The third-order valence-corrected chi connectivity index (χ3v) is 4.08. The van der Waals surface area contributed by atoms with Gasteiger partial charge in [0.1, 0.15) is 5.56 Å². The molecule has 0 saturated heterocycles. The van der Waals surface area contributed by atoms with Crippen LogP contribution in [0.2, 0.25) is 0 Å². The Kier molecular flexibility index (Phi) is 2.87. The lowest BCUT2D eigenvalue weighted by Crippen LogP contribution is -2.06. The Morgan fingerprint density at radius 2 is 1.92 bits per heavy atom. The van der Waals surface area contributed by atoms with Crippen molar-refractivity contribution in [3.8, 4) is 34.3 Å². The number of hydrogen-bond donors (Lipinski definition) is 1. The monoisotopic (exact) mass is 333 g/mol. The maximum Gasteiger partial charge on any atom is 0.263 e. The van der Waals surface area contributed by atoms with Gasteiger partial charge in [0.2, 0.25) is 18.0 Å². The molecular weight excluding hydrogens is 322 g/mol. The maximum absolute atomic E-state index is 12.6. The average Bonchev–Trinajstić information content (AvgIpc) is 3.31. The van der Waals surface area contributed by atoms with Gasteiger partial charge in [-0.05, 0) is 30.3 Å². The largest absolute Gasteiger partial charge is 0.454 e. The van der Waals surface area contributed by atoms with Crippen LogP contribution in [-0.2, 0) is 0 Å². The third-order valence-electron chi connectivity index (χ3n) is 4.08. The molecule has 5 rings (SSSR count). The van der Waals surface area contributed by atoms with E-state index < -0.39 is 0 Å². The van der Waals surface area contributed by atoms with Crippen LogP contribution < -0.4 is 14.9 Å². The van der Waals surface area contributed by atoms with Crippen molar-refractivity contribution in [3.63, 3.8) is 0 Å². The number of rotatable bonds is 2. The highest BCUT2D eigenvalue weighted by Crippen LogP contribution is 2.35. The Hall–Kier alpha value is -3.61. The lowest BCUT2D eigenvalue weighted by molar-refractivity contribution is 0.174. The molecule has 25 heavy (non-hydrogen) atoms. The summed E-state index contributed by atoms with van der Waals surface area (Å²) in [6, 6.07) is 12.7. The molecule has 0 bridgehead atoms. The second-order valence-electron chi connectivity index (χ2n) is 5.57. The van der Waals surface area contributed by atoms with Crippen LogP contribution in [0.1, 0.15) is 0 Å². The molecule has 2 aromatic carbocycles. The van der Waals surface area contributed by atoms with Crippen molar-refractivity contribution in [2.75, 3.05) is 6.79 Å². The van der Waals surface area contributed by atoms with Gasteiger partial charge in [-0.15, -0.1) is 0 Å². The van der Waals surface area contributed by atoms with Gasteiger partial charge in [0.25, 0.3) is 5.89 Å². The third kappa shape index (κ3) is 2.17. The van der Waals surface area contributed by atoms with Gasteiger partial charge in [0.15, 0.2) is 11.5 Å². The summed E-state index contributed by atoms with van der Waals surface area (Å²) in [5.41, 5.74) is 1.65. The van der Waals surface area contributed by atoms with E-state index in [1.807, 2.05) is 24.3 Å². The summed E-state index contributed by atoms with van der Waals surface area (Å²) >= 11 is 0. The van der Waals surface area contributed by atoms with Crippen LogP contribution in [0, 0.1) is 0 Å². The first-order valence-corrected chi connectivity index (χ1v) is 7.64. The van der Waals surface area contributed by atoms with Crippen molar-refractivity contribution in [1.82, 2.24) is 15.1 Å². The predicted octanol–water partition coefficient (Wildman–Crippen LogP) is 2.97. The van der Waals surface area contributed by atoms with Crippen molar-refractivity contribution in [2.45, 2.75) is 0 Å². The molecule has 1 aliphatic heterocycles. The fourth-order valence-electron chi connectivity index (χ4n) is 2.81. The Bertz CT molecular complexity index is 1160. The van der Waals surface area contributed by atoms with Crippen molar-refractivity contribution in [2.24, 2.45) is 0 Å². The first-order chi connectivity index (χ1) is 12.3. The van der Waals surface area contributed by atoms with Crippen LogP contribution in [0.4, 0.5) is 0 Å². The van der Waals surface area contributed by atoms with Crippen LogP contribution in [0.25, 0.3) is 33.7 Å². The molecule has 1 N–H and O–H groups in total. The number of aromatic amines is 1. The summed E-state index contributed by atoms with van der Waals surface area (Å²) in [5.74, 6) is 1.85. The summed E-state index contributed by atoms with van der Waals surface area (Å²) < 4.78 is 15.9. The molecule has 0 radical (unpaired) electrons. The van der Waals surface area contributed by atoms with E-state index in [-0.39, 0.29) is 18.1 Å². The number of nitrogens with zero attached hydrogens (tertiary/aromatic N) is 2. The average molecular weight is 333 g/mol. The Balaban J connectivity index is 1.59. The summed E-state index contributed by atoms with van der Waals surface area (Å²) in [7, 11) is 0. The molecule has 4 aromatic rings. The second kappa shape index (κ2) is 5.20. The molecule has 122 valence electrons. The molecule has 0 atom stereocenters. The van der Waals surface area contributed by atoms with E-state index in [2.05, 4.69) is 15.1 Å². The van der Waals surface area contributed by atoms with Crippen molar-refractivity contribution in [1.29, 1.82) is 0 Å².